The molecule has 7 heteroatoms. The van der Waals surface area contributed by atoms with Crippen molar-refractivity contribution in [3.8, 4) is 16.9 Å². The summed E-state index contributed by atoms with van der Waals surface area (Å²) in [5, 5.41) is 11.0. The van der Waals surface area contributed by atoms with E-state index in [1.54, 1.807) is 37.3 Å². The van der Waals surface area contributed by atoms with E-state index in [0.717, 1.165) is 5.56 Å². The summed E-state index contributed by atoms with van der Waals surface area (Å²) in [6, 6.07) is 22.4. The van der Waals surface area contributed by atoms with Gasteiger partial charge in [-0.15, -0.1) is 0 Å². The maximum absolute atomic E-state index is 12.9. The highest BCUT2D eigenvalue weighted by Crippen LogP contribution is 2.43. The molecule has 176 valence electrons. The van der Waals surface area contributed by atoms with Crippen LogP contribution in [-0.2, 0) is 16.4 Å². The Hall–Kier alpha value is -3.16. The smallest absolute Gasteiger partial charge is 0.265 e. The van der Waals surface area contributed by atoms with E-state index < -0.39 is 26.8 Å². The van der Waals surface area contributed by atoms with Crippen molar-refractivity contribution in [2.75, 3.05) is 6.61 Å². The predicted molar refractivity (Wildman–Crippen MR) is 130 cm³/mol. The minimum Gasteiger partial charge on any atom is -0.493 e. The fourth-order valence-electron chi connectivity index (χ4n) is 4.38. The van der Waals surface area contributed by atoms with Gasteiger partial charge in [0.15, 0.2) is 0 Å². The highest BCUT2D eigenvalue weighted by atomic mass is 32.2. The van der Waals surface area contributed by atoms with Crippen LogP contribution in [0, 0.1) is 5.92 Å². The van der Waals surface area contributed by atoms with Gasteiger partial charge in [-0.2, -0.15) is 0 Å². The van der Waals surface area contributed by atoms with Gasteiger partial charge in [-0.1, -0.05) is 60.7 Å². The number of carbonyl (C=O) groups is 1. The largest absolute Gasteiger partial charge is 0.493 e. The number of fused-ring (bicyclic) bond motifs is 1. The Bertz CT molecular complexity index is 1330. The van der Waals surface area contributed by atoms with E-state index in [4.69, 9.17) is 4.74 Å². The van der Waals surface area contributed by atoms with Crippen LogP contribution in [0.3, 0.4) is 0 Å². The van der Waals surface area contributed by atoms with Crippen molar-refractivity contribution in [1.82, 2.24) is 4.72 Å². The molecule has 0 spiro atoms. The van der Waals surface area contributed by atoms with E-state index in [9.17, 15) is 18.3 Å². The van der Waals surface area contributed by atoms with Crippen LogP contribution in [0.15, 0.2) is 72.8 Å². The number of benzene rings is 3. The summed E-state index contributed by atoms with van der Waals surface area (Å²) in [4.78, 5) is 12.9. The Morgan fingerprint density at radius 1 is 1.06 bits per heavy atom. The summed E-state index contributed by atoms with van der Waals surface area (Å²) in [7, 11) is -3.74. The van der Waals surface area contributed by atoms with E-state index in [0.29, 0.717) is 48.3 Å². The number of nitrogens with one attached hydrogen (secondary N) is 1. The van der Waals surface area contributed by atoms with Gasteiger partial charge in [0.1, 0.15) is 5.75 Å². The number of carbonyl (C=O) groups excluding carboxylic acids is 1. The number of sulfonamides is 1. The van der Waals surface area contributed by atoms with Gasteiger partial charge in [0.05, 0.1) is 17.5 Å². The quantitative estimate of drug-likeness (QED) is 0.554. The zero-order valence-electron chi connectivity index (χ0n) is 18.9. The molecule has 1 fully saturated rings. The third kappa shape index (κ3) is 4.21. The zero-order chi connectivity index (χ0) is 23.9. The second-order valence-corrected chi connectivity index (χ2v) is 11.6. The fraction of sp³-hybridized carbons (Fsp3) is 0.296. The molecule has 3 aromatic carbocycles. The molecule has 3 aromatic rings. The van der Waals surface area contributed by atoms with Crippen LogP contribution in [0.25, 0.3) is 11.1 Å². The molecule has 34 heavy (non-hydrogen) atoms. The number of aliphatic hydroxyl groups excluding tert-OH is 1. The second-order valence-electron chi connectivity index (χ2n) is 9.39. The van der Waals surface area contributed by atoms with E-state index >= 15 is 0 Å². The standard InChI is InChI=1S/C27H27NO5S/c1-27(13-14-27)34(31,32)28-26(30)22-10-6-5-9-21(22)19-11-12-23-24(16-19)33-17-20(25(23)29)15-18-7-3-2-4-8-18/h2-12,16,20,25,29H,13-15,17H2,1H3,(H,28,30)/t20?,25-/m0/s1. The van der Waals surface area contributed by atoms with E-state index in [1.165, 1.54) is 0 Å². The predicted octanol–water partition coefficient (Wildman–Crippen LogP) is 4.25. The van der Waals surface area contributed by atoms with Crippen molar-refractivity contribution in [2.45, 2.75) is 37.0 Å². The Morgan fingerprint density at radius 2 is 1.76 bits per heavy atom. The lowest BCUT2D eigenvalue weighted by Gasteiger charge is -2.31. The van der Waals surface area contributed by atoms with Gasteiger partial charge in [0.25, 0.3) is 5.91 Å². The summed E-state index contributed by atoms with van der Waals surface area (Å²) in [5.41, 5.74) is 3.44. The summed E-state index contributed by atoms with van der Waals surface area (Å²) in [6.07, 6.45) is 1.14. The summed E-state index contributed by atoms with van der Waals surface area (Å²) < 4.78 is 32.5. The summed E-state index contributed by atoms with van der Waals surface area (Å²) >= 11 is 0. The first-order chi connectivity index (χ1) is 16.3. The highest BCUT2D eigenvalue weighted by molar-refractivity contribution is 7.91. The molecule has 1 unspecified atom stereocenters. The van der Waals surface area contributed by atoms with E-state index in [-0.39, 0.29) is 11.5 Å². The molecule has 0 saturated heterocycles. The molecule has 2 aliphatic rings. The molecule has 1 aliphatic carbocycles. The molecule has 0 radical (unpaired) electrons. The van der Waals surface area contributed by atoms with E-state index in [2.05, 4.69) is 4.72 Å². The molecule has 1 aliphatic heterocycles. The number of hydrogen-bond donors (Lipinski definition) is 2. The van der Waals surface area contributed by atoms with Crippen LogP contribution in [0.4, 0.5) is 0 Å². The molecule has 1 saturated carbocycles. The van der Waals surface area contributed by atoms with Crippen LogP contribution in [0.1, 0.15) is 47.4 Å². The number of rotatable bonds is 6. The first-order valence-electron chi connectivity index (χ1n) is 11.4. The average Bonchev–Trinajstić information content (AvgIpc) is 3.60. The minimum absolute atomic E-state index is 0.0622. The fourth-order valence-corrected chi connectivity index (χ4v) is 5.62. The molecule has 1 heterocycles. The molecule has 0 bridgehead atoms. The van der Waals surface area contributed by atoms with Gasteiger partial charge in [0, 0.05) is 17.0 Å². The molecular formula is C27H27NO5S. The normalized spacial score (nSPS) is 20.6. The van der Waals surface area contributed by atoms with Crippen molar-refractivity contribution >= 4 is 15.9 Å². The van der Waals surface area contributed by atoms with Crippen LogP contribution in [0.2, 0.25) is 0 Å². The van der Waals surface area contributed by atoms with Crippen molar-refractivity contribution in [1.29, 1.82) is 0 Å². The zero-order valence-corrected chi connectivity index (χ0v) is 19.7. The van der Waals surface area contributed by atoms with E-state index in [1.807, 2.05) is 42.5 Å². The lowest BCUT2D eigenvalue weighted by Crippen LogP contribution is -2.38. The first kappa shape index (κ1) is 22.6. The molecule has 1 amide bonds. The molecule has 5 rings (SSSR count). The lowest BCUT2D eigenvalue weighted by atomic mass is 9.87. The number of aliphatic hydroxyl groups is 1. The van der Waals surface area contributed by atoms with Gasteiger partial charge in [-0.3, -0.25) is 4.79 Å². The number of amides is 1. The van der Waals surface area contributed by atoms with Gasteiger partial charge in [0.2, 0.25) is 10.0 Å². The molecular weight excluding hydrogens is 450 g/mol. The third-order valence-electron chi connectivity index (χ3n) is 6.89. The molecule has 2 N–H and O–H groups in total. The van der Waals surface area contributed by atoms with Crippen molar-refractivity contribution in [2.24, 2.45) is 5.92 Å². The van der Waals surface area contributed by atoms with Gasteiger partial charge in [-0.25, -0.2) is 13.1 Å². The monoisotopic (exact) mass is 477 g/mol. The van der Waals surface area contributed by atoms with Crippen LogP contribution in [-0.4, -0.2) is 30.8 Å². The third-order valence-corrected chi connectivity index (χ3v) is 9.04. The number of hydrogen-bond acceptors (Lipinski definition) is 5. The van der Waals surface area contributed by atoms with Gasteiger partial charge in [-0.05, 0) is 55.0 Å². The Labute approximate surface area is 199 Å². The minimum atomic E-state index is -3.74. The topological polar surface area (TPSA) is 92.7 Å². The highest BCUT2D eigenvalue weighted by Gasteiger charge is 2.51. The van der Waals surface area contributed by atoms with Crippen LogP contribution >= 0.6 is 0 Å². The molecule has 6 nitrogen and oxygen atoms in total. The van der Waals surface area contributed by atoms with Crippen molar-refractivity contribution in [3.63, 3.8) is 0 Å². The Balaban J connectivity index is 1.40. The van der Waals surface area contributed by atoms with Crippen LogP contribution in [0.5, 0.6) is 5.75 Å². The van der Waals surface area contributed by atoms with Gasteiger partial charge < -0.3 is 9.84 Å². The van der Waals surface area contributed by atoms with Crippen LogP contribution < -0.4 is 9.46 Å². The molecule has 0 aromatic heterocycles. The lowest BCUT2D eigenvalue weighted by molar-refractivity contribution is 0.0508. The van der Waals surface area contributed by atoms with Crippen molar-refractivity contribution < 1.29 is 23.1 Å². The number of ether oxygens (including phenoxy) is 1. The maximum Gasteiger partial charge on any atom is 0.265 e. The van der Waals surface area contributed by atoms with Gasteiger partial charge >= 0.3 is 0 Å². The second kappa shape index (κ2) is 8.56. The summed E-state index contributed by atoms with van der Waals surface area (Å²) in [5.74, 6) is -0.138. The average molecular weight is 478 g/mol. The SMILES string of the molecule is CC1(S(=O)(=O)NC(=O)c2ccccc2-c2ccc3c(c2)OCC(Cc2ccccc2)[C@@H]3O)CC1. The van der Waals surface area contributed by atoms with Crippen molar-refractivity contribution in [3.05, 3.63) is 89.5 Å². The maximum atomic E-state index is 12.9. The Kier molecular flexibility index (Phi) is 5.70. The summed E-state index contributed by atoms with van der Waals surface area (Å²) in [6.45, 7) is 2.02. The first-order valence-corrected chi connectivity index (χ1v) is 12.9. The molecule has 2 atom stereocenters. The Morgan fingerprint density at radius 3 is 2.50 bits per heavy atom.